The second-order valence-electron chi connectivity index (χ2n) is 6.57. The van der Waals surface area contributed by atoms with Crippen molar-refractivity contribution in [2.45, 2.75) is 6.61 Å². The van der Waals surface area contributed by atoms with Crippen molar-refractivity contribution in [2.24, 2.45) is 0 Å². The van der Waals surface area contributed by atoms with Crippen LogP contribution in [0.4, 0.5) is 10.1 Å². The summed E-state index contributed by atoms with van der Waals surface area (Å²) >= 11 is 6.11. The zero-order chi connectivity index (χ0) is 21.1. The molecule has 0 atom stereocenters. The van der Waals surface area contributed by atoms with E-state index < -0.39 is 11.8 Å². The Hall–Kier alpha value is -3.64. The first-order valence-corrected chi connectivity index (χ1v) is 9.48. The molecule has 0 saturated carbocycles. The number of carbonyl (C=O) groups is 2. The summed E-state index contributed by atoms with van der Waals surface area (Å²) < 4.78 is 18.9. The van der Waals surface area contributed by atoms with Crippen LogP contribution < -0.4 is 15.2 Å². The number of hydrogen-bond donors (Lipinski definition) is 1. The highest BCUT2D eigenvalue weighted by atomic mass is 35.5. The molecule has 2 amide bonds. The van der Waals surface area contributed by atoms with E-state index >= 15 is 0 Å². The van der Waals surface area contributed by atoms with Crippen LogP contribution in [-0.2, 0) is 16.2 Å². The van der Waals surface area contributed by atoms with E-state index in [-0.39, 0.29) is 18.0 Å². The first-order chi connectivity index (χ1) is 14.5. The van der Waals surface area contributed by atoms with Gasteiger partial charge in [0, 0.05) is 10.6 Å². The SMILES string of the molecule is O=C1NN(c2ccccc2)C(=O)/C1=C\c1cc(Cl)ccc1OCc1ccc(F)cc1. The van der Waals surface area contributed by atoms with Gasteiger partial charge >= 0.3 is 0 Å². The molecule has 0 aromatic heterocycles. The number of nitrogens with zero attached hydrogens (tertiary/aromatic N) is 1. The molecule has 1 saturated heterocycles. The molecule has 30 heavy (non-hydrogen) atoms. The molecule has 3 aromatic rings. The Kier molecular flexibility index (Phi) is 5.50. The summed E-state index contributed by atoms with van der Waals surface area (Å²) in [7, 11) is 0. The number of ether oxygens (including phenoxy) is 1. The maximum atomic E-state index is 13.1. The topological polar surface area (TPSA) is 58.6 Å². The molecule has 0 bridgehead atoms. The Morgan fingerprint density at radius 3 is 2.47 bits per heavy atom. The molecule has 4 rings (SSSR count). The van der Waals surface area contributed by atoms with Crippen LogP contribution in [0.3, 0.4) is 0 Å². The van der Waals surface area contributed by atoms with Gasteiger partial charge in [0.2, 0.25) is 0 Å². The molecule has 7 heteroatoms. The van der Waals surface area contributed by atoms with Crippen LogP contribution in [0.25, 0.3) is 6.08 Å². The van der Waals surface area contributed by atoms with Crippen molar-refractivity contribution in [3.63, 3.8) is 0 Å². The fraction of sp³-hybridized carbons (Fsp3) is 0.0435. The number of anilines is 1. The van der Waals surface area contributed by atoms with E-state index in [4.69, 9.17) is 16.3 Å². The molecule has 5 nitrogen and oxygen atoms in total. The van der Waals surface area contributed by atoms with E-state index in [0.717, 1.165) is 5.56 Å². The number of hydrazine groups is 1. The lowest BCUT2D eigenvalue weighted by atomic mass is 10.1. The van der Waals surface area contributed by atoms with E-state index in [1.54, 1.807) is 54.6 Å². The molecular weight excluding hydrogens is 407 g/mol. The van der Waals surface area contributed by atoms with Crippen molar-refractivity contribution in [1.82, 2.24) is 5.43 Å². The number of benzene rings is 3. The summed E-state index contributed by atoms with van der Waals surface area (Å²) in [4.78, 5) is 25.2. The highest BCUT2D eigenvalue weighted by Crippen LogP contribution is 2.28. The van der Waals surface area contributed by atoms with Crippen molar-refractivity contribution in [3.05, 3.63) is 100 Å². The second kappa shape index (κ2) is 8.39. The highest BCUT2D eigenvalue weighted by Gasteiger charge is 2.34. The number of halogens is 2. The van der Waals surface area contributed by atoms with Gasteiger partial charge in [-0.15, -0.1) is 0 Å². The standard InChI is InChI=1S/C23H16ClFN2O3/c24-17-8-11-21(30-14-15-6-9-18(25)10-7-15)16(12-17)13-20-22(28)26-27(23(20)29)19-4-2-1-3-5-19/h1-13H,14H2,(H,26,28)/b20-13-. The van der Waals surface area contributed by atoms with Gasteiger partial charge in [-0.3, -0.25) is 15.0 Å². The van der Waals surface area contributed by atoms with Gasteiger partial charge in [0.25, 0.3) is 11.8 Å². The number of rotatable bonds is 5. The van der Waals surface area contributed by atoms with Crippen LogP contribution in [-0.4, -0.2) is 11.8 Å². The number of hydrogen-bond acceptors (Lipinski definition) is 3. The molecule has 1 heterocycles. The van der Waals surface area contributed by atoms with Gasteiger partial charge in [0.05, 0.1) is 5.69 Å². The van der Waals surface area contributed by atoms with Gasteiger partial charge in [0.1, 0.15) is 23.7 Å². The molecule has 3 aromatic carbocycles. The third-order valence-electron chi connectivity index (χ3n) is 4.49. The zero-order valence-corrected chi connectivity index (χ0v) is 16.4. The Morgan fingerprint density at radius 1 is 1.00 bits per heavy atom. The van der Waals surface area contributed by atoms with Crippen molar-refractivity contribution >= 4 is 35.2 Å². The molecule has 1 fully saturated rings. The summed E-state index contributed by atoms with van der Waals surface area (Å²) in [6.07, 6.45) is 1.45. The maximum Gasteiger partial charge on any atom is 0.282 e. The predicted octanol–water partition coefficient (Wildman–Crippen LogP) is 4.52. The number of amides is 2. The van der Waals surface area contributed by atoms with Crippen LogP contribution in [0.1, 0.15) is 11.1 Å². The van der Waals surface area contributed by atoms with Crippen molar-refractivity contribution in [2.75, 3.05) is 5.01 Å². The summed E-state index contributed by atoms with van der Waals surface area (Å²) in [5, 5.41) is 1.62. The highest BCUT2D eigenvalue weighted by molar-refractivity contribution is 6.32. The lowest BCUT2D eigenvalue weighted by Gasteiger charge is -2.14. The van der Waals surface area contributed by atoms with Crippen LogP contribution in [0, 0.1) is 5.82 Å². The minimum absolute atomic E-state index is 0.0345. The van der Waals surface area contributed by atoms with E-state index in [9.17, 15) is 14.0 Å². The van der Waals surface area contributed by atoms with E-state index in [0.29, 0.717) is 22.0 Å². The van der Waals surface area contributed by atoms with Gasteiger partial charge in [0.15, 0.2) is 0 Å². The fourth-order valence-corrected chi connectivity index (χ4v) is 3.16. The maximum absolute atomic E-state index is 13.1. The van der Waals surface area contributed by atoms with Gasteiger partial charge < -0.3 is 4.74 Å². The quantitative estimate of drug-likeness (QED) is 0.486. The molecule has 1 aliphatic rings. The lowest BCUT2D eigenvalue weighted by Crippen LogP contribution is -2.35. The van der Waals surface area contributed by atoms with Crippen LogP contribution >= 0.6 is 11.6 Å². The molecule has 0 spiro atoms. The summed E-state index contributed by atoms with van der Waals surface area (Å²) in [6.45, 7) is 0.189. The first kappa shape index (κ1) is 19.7. The third-order valence-corrected chi connectivity index (χ3v) is 4.72. The van der Waals surface area contributed by atoms with Crippen LogP contribution in [0.2, 0.25) is 5.02 Å². The van der Waals surface area contributed by atoms with Crippen LogP contribution in [0.15, 0.2) is 78.4 Å². The predicted molar refractivity (Wildman–Crippen MR) is 112 cm³/mol. The Bertz CT molecular complexity index is 1130. The zero-order valence-electron chi connectivity index (χ0n) is 15.6. The van der Waals surface area contributed by atoms with Crippen molar-refractivity contribution in [1.29, 1.82) is 0 Å². The Morgan fingerprint density at radius 2 is 1.73 bits per heavy atom. The monoisotopic (exact) mass is 422 g/mol. The molecule has 0 aliphatic carbocycles. The number of carbonyl (C=O) groups excluding carboxylic acids is 2. The van der Waals surface area contributed by atoms with Gasteiger partial charge in [-0.2, -0.15) is 0 Å². The number of nitrogens with one attached hydrogen (secondary N) is 1. The fourth-order valence-electron chi connectivity index (χ4n) is 2.98. The average Bonchev–Trinajstić information content (AvgIpc) is 3.03. The Labute approximate surface area is 177 Å². The van der Waals surface area contributed by atoms with Crippen LogP contribution in [0.5, 0.6) is 5.75 Å². The molecule has 150 valence electrons. The smallest absolute Gasteiger partial charge is 0.282 e. The van der Waals surface area contributed by atoms with E-state index in [1.165, 1.54) is 23.2 Å². The Balaban J connectivity index is 1.61. The van der Waals surface area contributed by atoms with E-state index in [2.05, 4.69) is 5.43 Å². The van der Waals surface area contributed by atoms with E-state index in [1.807, 2.05) is 6.07 Å². The summed E-state index contributed by atoms with van der Waals surface area (Å²) in [5.41, 5.74) is 4.33. The largest absolute Gasteiger partial charge is 0.488 e. The first-order valence-electron chi connectivity index (χ1n) is 9.10. The van der Waals surface area contributed by atoms with Crippen molar-refractivity contribution < 1.29 is 18.7 Å². The number of para-hydroxylation sites is 1. The average molecular weight is 423 g/mol. The van der Waals surface area contributed by atoms with Gasteiger partial charge in [-0.05, 0) is 54.1 Å². The van der Waals surface area contributed by atoms with Gasteiger partial charge in [-0.25, -0.2) is 9.40 Å². The van der Waals surface area contributed by atoms with Crippen molar-refractivity contribution in [3.8, 4) is 5.75 Å². The lowest BCUT2D eigenvalue weighted by molar-refractivity contribution is -0.117. The minimum Gasteiger partial charge on any atom is -0.488 e. The molecule has 1 N–H and O–H groups in total. The molecule has 0 radical (unpaired) electrons. The second-order valence-corrected chi connectivity index (χ2v) is 7.01. The third kappa shape index (κ3) is 4.18. The molecule has 1 aliphatic heterocycles. The molecule has 0 unspecified atom stereocenters. The minimum atomic E-state index is -0.520. The molecular formula is C23H16ClFN2O3. The summed E-state index contributed by atoms with van der Waals surface area (Å²) in [6, 6.07) is 19.7. The summed E-state index contributed by atoms with van der Waals surface area (Å²) in [5.74, 6) is -0.886. The van der Waals surface area contributed by atoms with Gasteiger partial charge in [-0.1, -0.05) is 41.9 Å². The normalized spacial score (nSPS) is 14.9.